The highest BCUT2D eigenvalue weighted by Crippen LogP contribution is 2.26. The summed E-state index contributed by atoms with van der Waals surface area (Å²) in [6.07, 6.45) is 0. The fourth-order valence-electron chi connectivity index (χ4n) is 1.95. The van der Waals surface area contributed by atoms with E-state index in [9.17, 15) is 9.59 Å². The maximum Gasteiger partial charge on any atom is 0.279 e. The van der Waals surface area contributed by atoms with Crippen LogP contribution in [0.15, 0.2) is 33.1 Å². The van der Waals surface area contributed by atoms with Gasteiger partial charge in [0.15, 0.2) is 10.0 Å². The van der Waals surface area contributed by atoms with Crippen molar-refractivity contribution >= 4 is 57.3 Å². The Morgan fingerprint density at radius 1 is 1.22 bits per heavy atom. The molecule has 0 bridgehead atoms. The Bertz CT molecular complexity index is 988. The molecule has 2 aromatic heterocycles. The third kappa shape index (κ3) is 5.28. The minimum atomic E-state index is -0.437. The van der Waals surface area contributed by atoms with Crippen molar-refractivity contribution in [1.82, 2.24) is 15.4 Å². The number of carbonyl (C=O) groups is 2. The van der Waals surface area contributed by atoms with E-state index in [0.717, 1.165) is 16.9 Å². The Balaban J connectivity index is 1.50. The van der Waals surface area contributed by atoms with Crippen molar-refractivity contribution in [2.75, 3.05) is 16.4 Å². The van der Waals surface area contributed by atoms with E-state index < -0.39 is 5.91 Å². The molecule has 1 aromatic carbocycles. The van der Waals surface area contributed by atoms with E-state index >= 15 is 0 Å². The number of aromatic nitrogens is 3. The molecular weight excluding hydrogens is 410 g/mol. The largest absolute Gasteiger partial charge is 0.361 e. The summed E-state index contributed by atoms with van der Waals surface area (Å²) in [5.74, 6) is 0.0539. The molecule has 0 fully saturated rings. The van der Waals surface area contributed by atoms with Gasteiger partial charge in [-0.3, -0.25) is 14.9 Å². The van der Waals surface area contributed by atoms with Crippen LogP contribution in [0.25, 0.3) is 0 Å². The highest BCUT2D eigenvalue weighted by molar-refractivity contribution is 8.01. The molecular formula is C16H14ClN5O3S2. The fraction of sp³-hybridized carbons (Fsp3) is 0.188. The predicted octanol–water partition coefficient (Wildman–Crippen LogP) is 3.78. The van der Waals surface area contributed by atoms with E-state index in [1.54, 1.807) is 19.1 Å². The smallest absolute Gasteiger partial charge is 0.279 e. The van der Waals surface area contributed by atoms with Gasteiger partial charge in [-0.15, -0.1) is 10.2 Å². The van der Waals surface area contributed by atoms with Crippen LogP contribution in [-0.2, 0) is 4.79 Å². The number of aryl methyl sites for hydroxylation is 2. The summed E-state index contributed by atoms with van der Waals surface area (Å²) in [5.41, 5.74) is 1.73. The number of hydrogen-bond acceptors (Lipinski definition) is 8. The number of benzene rings is 1. The minimum Gasteiger partial charge on any atom is -0.361 e. The highest BCUT2D eigenvalue weighted by atomic mass is 35.5. The van der Waals surface area contributed by atoms with Gasteiger partial charge in [-0.25, -0.2) is 0 Å². The molecule has 2 amide bonds. The molecule has 0 saturated heterocycles. The summed E-state index contributed by atoms with van der Waals surface area (Å²) in [6.45, 7) is 3.58. The zero-order valence-corrected chi connectivity index (χ0v) is 16.7. The summed E-state index contributed by atoms with van der Waals surface area (Å²) < 4.78 is 5.41. The number of rotatable bonds is 6. The van der Waals surface area contributed by atoms with E-state index in [2.05, 4.69) is 26.0 Å². The van der Waals surface area contributed by atoms with Crippen molar-refractivity contribution in [3.63, 3.8) is 0 Å². The molecule has 140 valence electrons. The van der Waals surface area contributed by atoms with Crippen molar-refractivity contribution in [1.29, 1.82) is 0 Å². The molecule has 0 aliphatic heterocycles. The van der Waals surface area contributed by atoms with Crippen molar-refractivity contribution in [3.8, 4) is 0 Å². The fourth-order valence-corrected chi connectivity index (χ4v) is 3.68. The lowest BCUT2D eigenvalue weighted by molar-refractivity contribution is -0.113. The van der Waals surface area contributed by atoms with Gasteiger partial charge in [-0.05, 0) is 31.5 Å². The first-order chi connectivity index (χ1) is 12.9. The van der Waals surface area contributed by atoms with Gasteiger partial charge in [0.1, 0.15) is 5.76 Å². The predicted molar refractivity (Wildman–Crippen MR) is 105 cm³/mol. The van der Waals surface area contributed by atoms with Gasteiger partial charge in [0, 0.05) is 16.8 Å². The topological polar surface area (TPSA) is 110 Å². The van der Waals surface area contributed by atoms with Crippen LogP contribution in [-0.4, -0.2) is 32.9 Å². The molecule has 8 nitrogen and oxygen atoms in total. The van der Waals surface area contributed by atoms with Crippen LogP contribution in [0.4, 0.5) is 10.8 Å². The first kappa shape index (κ1) is 19.3. The summed E-state index contributed by atoms with van der Waals surface area (Å²) in [7, 11) is 0. The Labute approximate surface area is 167 Å². The molecule has 3 aromatic rings. The molecule has 11 heteroatoms. The van der Waals surface area contributed by atoms with Crippen LogP contribution < -0.4 is 10.6 Å². The average molecular weight is 424 g/mol. The number of anilines is 2. The Morgan fingerprint density at radius 3 is 2.74 bits per heavy atom. The second-order valence-corrected chi connectivity index (χ2v) is 8.06. The van der Waals surface area contributed by atoms with E-state index in [-0.39, 0.29) is 17.4 Å². The van der Waals surface area contributed by atoms with Gasteiger partial charge in [-0.1, -0.05) is 45.9 Å². The average Bonchev–Trinajstić information content (AvgIpc) is 3.25. The summed E-state index contributed by atoms with van der Waals surface area (Å²) in [5, 5.41) is 17.7. The molecule has 0 saturated carbocycles. The molecule has 0 spiro atoms. The lowest BCUT2D eigenvalue weighted by Gasteiger charge is -2.05. The molecule has 0 radical (unpaired) electrons. The van der Waals surface area contributed by atoms with Gasteiger partial charge >= 0.3 is 0 Å². The van der Waals surface area contributed by atoms with Crippen LogP contribution in [0.5, 0.6) is 0 Å². The SMILES string of the molecule is Cc1cc(C(=O)Nc2nnc(SCC(=O)Nc3ccc(C)c(Cl)c3)s2)no1. The molecule has 0 atom stereocenters. The standard InChI is InChI=1S/C16H14ClN5O3S2/c1-8-3-4-10(6-11(8)17)18-13(23)7-26-16-21-20-15(27-16)19-14(24)12-5-9(2)25-22-12/h3-6H,7H2,1-2H3,(H,18,23)(H,19,20,24). The lowest BCUT2D eigenvalue weighted by atomic mass is 10.2. The van der Waals surface area contributed by atoms with Crippen LogP contribution in [0.2, 0.25) is 5.02 Å². The van der Waals surface area contributed by atoms with Crippen molar-refractivity contribution < 1.29 is 14.1 Å². The van der Waals surface area contributed by atoms with Crippen LogP contribution >= 0.6 is 34.7 Å². The number of hydrogen-bond donors (Lipinski definition) is 2. The first-order valence-electron chi connectivity index (χ1n) is 7.67. The molecule has 0 unspecified atom stereocenters. The lowest BCUT2D eigenvalue weighted by Crippen LogP contribution is -2.13. The number of thioether (sulfide) groups is 1. The molecule has 2 N–H and O–H groups in total. The summed E-state index contributed by atoms with van der Waals surface area (Å²) in [6, 6.07) is 6.84. The number of nitrogens with one attached hydrogen (secondary N) is 2. The van der Waals surface area contributed by atoms with Crippen LogP contribution in [0.3, 0.4) is 0 Å². The van der Waals surface area contributed by atoms with E-state index in [0.29, 0.717) is 25.9 Å². The Kier molecular flexibility index (Phi) is 6.09. The Morgan fingerprint density at radius 2 is 2.04 bits per heavy atom. The third-order valence-corrected chi connectivity index (χ3v) is 5.65. The molecule has 0 aliphatic rings. The number of carbonyl (C=O) groups excluding carboxylic acids is 2. The molecule has 3 rings (SSSR count). The van der Waals surface area contributed by atoms with Crippen LogP contribution in [0.1, 0.15) is 21.8 Å². The third-order valence-electron chi connectivity index (χ3n) is 3.27. The van der Waals surface area contributed by atoms with Crippen molar-refractivity contribution in [2.24, 2.45) is 0 Å². The highest BCUT2D eigenvalue weighted by Gasteiger charge is 2.15. The zero-order valence-electron chi connectivity index (χ0n) is 14.3. The number of amides is 2. The maximum absolute atomic E-state index is 12.0. The summed E-state index contributed by atoms with van der Waals surface area (Å²) in [4.78, 5) is 24.0. The number of halogens is 1. The summed E-state index contributed by atoms with van der Waals surface area (Å²) >= 11 is 8.42. The zero-order chi connectivity index (χ0) is 19.4. The molecule has 2 heterocycles. The van der Waals surface area contributed by atoms with E-state index in [1.807, 2.05) is 13.0 Å². The quantitative estimate of drug-likeness (QED) is 0.458. The van der Waals surface area contributed by atoms with Gasteiger partial charge in [-0.2, -0.15) is 0 Å². The van der Waals surface area contributed by atoms with Crippen molar-refractivity contribution in [3.05, 3.63) is 46.3 Å². The normalized spacial score (nSPS) is 10.6. The molecule has 27 heavy (non-hydrogen) atoms. The monoisotopic (exact) mass is 423 g/mol. The second-order valence-electron chi connectivity index (χ2n) is 5.45. The number of nitrogens with zero attached hydrogens (tertiary/aromatic N) is 3. The van der Waals surface area contributed by atoms with E-state index in [4.69, 9.17) is 16.1 Å². The second kappa shape index (κ2) is 8.51. The van der Waals surface area contributed by atoms with Gasteiger partial charge in [0.2, 0.25) is 11.0 Å². The van der Waals surface area contributed by atoms with Gasteiger partial charge < -0.3 is 9.84 Å². The molecule has 0 aliphatic carbocycles. The van der Waals surface area contributed by atoms with E-state index in [1.165, 1.54) is 17.8 Å². The van der Waals surface area contributed by atoms with Gasteiger partial charge in [0.25, 0.3) is 5.91 Å². The van der Waals surface area contributed by atoms with Gasteiger partial charge in [0.05, 0.1) is 5.75 Å². The Hall–Kier alpha value is -2.43. The first-order valence-corrected chi connectivity index (χ1v) is 9.85. The van der Waals surface area contributed by atoms with Crippen LogP contribution in [0, 0.1) is 13.8 Å². The van der Waals surface area contributed by atoms with Crippen molar-refractivity contribution in [2.45, 2.75) is 18.2 Å². The minimum absolute atomic E-state index is 0.149. The maximum atomic E-state index is 12.0.